The summed E-state index contributed by atoms with van der Waals surface area (Å²) in [6, 6.07) is 7.49. The van der Waals surface area contributed by atoms with Crippen LogP contribution in [0.4, 0.5) is 11.4 Å². The zero-order chi connectivity index (χ0) is 12.7. The molecule has 1 aromatic carbocycles. The summed E-state index contributed by atoms with van der Waals surface area (Å²) in [6.45, 7) is 3.58. The minimum Gasteiger partial charge on any atom is -0.396 e. The number of rotatable bonds is 6. The maximum absolute atomic E-state index is 9.07. The Balaban J connectivity index is 2.97. The summed E-state index contributed by atoms with van der Waals surface area (Å²) in [7, 11) is 0. The van der Waals surface area contributed by atoms with Crippen molar-refractivity contribution in [2.24, 2.45) is 0 Å². The van der Waals surface area contributed by atoms with Crippen molar-refractivity contribution in [3.8, 4) is 6.07 Å². The first-order valence-corrected chi connectivity index (χ1v) is 5.89. The van der Waals surface area contributed by atoms with E-state index in [-0.39, 0.29) is 6.61 Å². The van der Waals surface area contributed by atoms with Crippen LogP contribution in [0, 0.1) is 11.3 Å². The van der Waals surface area contributed by atoms with Crippen LogP contribution in [0.25, 0.3) is 0 Å². The van der Waals surface area contributed by atoms with Crippen molar-refractivity contribution in [3.63, 3.8) is 0 Å². The molecule has 0 amide bonds. The fraction of sp³-hybridized carbons (Fsp3) is 0.462. The van der Waals surface area contributed by atoms with Gasteiger partial charge in [-0.15, -0.1) is 0 Å². The number of nitrogens with zero attached hydrogens (tertiary/aromatic N) is 2. The molecule has 0 heterocycles. The lowest BCUT2D eigenvalue weighted by atomic mass is 10.1. The number of nitriles is 1. The summed E-state index contributed by atoms with van der Waals surface area (Å²) in [5, 5.41) is 18.0. The van der Waals surface area contributed by atoms with Crippen LogP contribution in [0.1, 0.15) is 25.3 Å². The molecule has 3 N–H and O–H groups in total. The van der Waals surface area contributed by atoms with Crippen LogP contribution in [0.15, 0.2) is 18.2 Å². The fourth-order valence-corrected chi connectivity index (χ4v) is 1.75. The summed E-state index contributed by atoms with van der Waals surface area (Å²) in [4.78, 5) is 2.03. The van der Waals surface area contributed by atoms with Gasteiger partial charge in [-0.05, 0) is 18.6 Å². The second-order valence-corrected chi connectivity index (χ2v) is 3.91. The van der Waals surface area contributed by atoms with Crippen molar-refractivity contribution >= 4 is 11.4 Å². The monoisotopic (exact) mass is 233 g/mol. The Morgan fingerprint density at radius 2 is 2.18 bits per heavy atom. The lowest BCUT2D eigenvalue weighted by Crippen LogP contribution is -2.28. The van der Waals surface area contributed by atoms with E-state index in [4.69, 9.17) is 16.1 Å². The maximum atomic E-state index is 9.07. The topological polar surface area (TPSA) is 73.3 Å². The van der Waals surface area contributed by atoms with Crippen molar-refractivity contribution < 1.29 is 5.11 Å². The molecule has 0 atom stereocenters. The van der Waals surface area contributed by atoms with Crippen LogP contribution in [-0.2, 0) is 0 Å². The van der Waals surface area contributed by atoms with Crippen LogP contribution in [0.2, 0.25) is 0 Å². The number of aliphatic hydroxyl groups is 1. The molecule has 4 heteroatoms. The molecule has 1 aromatic rings. The number of aliphatic hydroxyl groups excluding tert-OH is 1. The number of nitrogens with two attached hydrogens (primary N) is 1. The van der Waals surface area contributed by atoms with Gasteiger partial charge in [-0.2, -0.15) is 5.26 Å². The van der Waals surface area contributed by atoms with Crippen molar-refractivity contribution in [2.75, 3.05) is 30.3 Å². The third kappa shape index (κ3) is 3.36. The third-order valence-electron chi connectivity index (χ3n) is 2.70. The average molecular weight is 233 g/mol. The Bertz CT molecular complexity index is 398. The summed E-state index contributed by atoms with van der Waals surface area (Å²) >= 11 is 0. The van der Waals surface area contributed by atoms with Gasteiger partial charge in [-0.1, -0.05) is 19.4 Å². The fourth-order valence-electron chi connectivity index (χ4n) is 1.75. The predicted molar refractivity (Wildman–Crippen MR) is 69.8 cm³/mol. The number of unbranched alkanes of at least 4 members (excludes halogenated alkanes) is 1. The second kappa shape index (κ2) is 6.77. The van der Waals surface area contributed by atoms with E-state index >= 15 is 0 Å². The van der Waals surface area contributed by atoms with Gasteiger partial charge in [0.1, 0.15) is 6.07 Å². The largest absolute Gasteiger partial charge is 0.396 e. The molecule has 1 rings (SSSR count). The molecule has 17 heavy (non-hydrogen) atoms. The molecule has 0 bridgehead atoms. The Kier molecular flexibility index (Phi) is 5.31. The van der Waals surface area contributed by atoms with E-state index in [0.717, 1.165) is 25.1 Å². The van der Waals surface area contributed by atoms with Gasteiger partial charge < -0.3 is 15.7 Å². The molecule has 0 aliphatic carbocycles. The third-order valence-corrected chi connectivity index (χ3v) is 2.70. The first kappa shape index (κ1) is 13.3. The van der Waals surface area contributed by atoms with Crippen molar-refractivity contribution in [1.82, 2.24) is 0 Å². The van der Waals surface area contributed by atoms with Crippen LogP contribution >= 0.6 is 0 Å². The first-order chi connectivity index (χ1) is 8.24. The van der Waals surface area contributed by atoms with E-state index < -0.39 is 0 Å². The van der Waals surface area contributed by atoms with E-state index in [1.54, 1.807) is 6.07 Å². The van der Waals surface area contributed by atoms with Gasteiger partial charge in [0.2, 0.25) is 0 Å². The molecule has 92 valence electrons. The van der Waals surface area contributed by atoms with E-state index in [2.05, 4.69) is 13.0 Å². The van der Waals surface area contributed by atoms with E-state index in [9.17, 15) is 0 Å². The zero-order valence-electron chi connectivity index (χ0n) is 10.2. The predicted octanol–water partition coefficient (Wildman–Crippen LogP) is 1.74. The van der Waals surface area contributed by atoms with Crippen molar-refractivity contribution in [2.45, 2.75) is 19.8 Å². The number of hydrogen-bond donors (Lipinski definition) is 2. The molecule has 0 spiro atoms. The highest BCUT2D eigenvalue weighted by Crippen LogP contribution is 2.26. The molecule has 0 fully saturated rings. The Morgan fingerprint density at radius 1 is 1.41 bits per heavy atom. The van der Waals surface area contributed by atoms with E-state index in [1.165, 1.54) is 0 Å². The van der Waals surface area contributed by atoms with Crippen LogP contribution < -0.4 is 10.6 Å². The standard InChI is InChI=1S/C13H19N3O/c1-2-3-7-16(8-9-17)12-6-4-5-11(10-14)13(12)15/h4-6,17H,2-3,7-9,15H2,1H3. The van der Waals surface area contributed by atoms with Gasteiger partial charge in [-0.3, -0.25) is 0 Å². The maximum Gasteiger partial charge on any atom is 0.101 e. The molecule has 0 saturated carbocycles. The molecular weight excluding hydrogens is 214 g/mol. The highest BCUT2D eigenvalue weighted by Gasteiger charge is 2.11. The number of anilines is 2. The number of nitrogen functional groups attached to an aromatic ring is 1. The molecular formula is C13H19N3O. The van der Waals surface area contributed by atoms with Gasteiger partial charge in [-0.25, -0.2) is 0 Å². The van der Waals surface area contributed by atoms with Crippen LogP contribution in [-0.4, -0.2) is 24.8 Å². The minimum atomic E-state index is 0.0833. The highest BCUT2D eigenvalue weighted by molar-refractivity contribution is 5.73. The van der Waals surface area contributed by atoms with Crippen LogP contribution in [0.3, 0.4) is 0 Å². The van der Waals surface area contributed by atoms with E-state index in [1.807, 2.05) is 17.0 Å². The summed E-state index contributed by atoms with van der Waals surface area (Å²) in [5.41, 5.74) is 7.78. The summed E-state index contributed by atoms with van der Waals surface area (Å²) < 4.78 is 0. The molecule has 0 aromatic heterocycles. The van der Waals surface area contributed by atoms with Crippen molar-refractivity contribution in [3.05, 3.63) is 23.8 Å². The lowest BCUT2D eigenvalue weighted by Gasteiger charge is -2.25. The molecule has 4 nitrogen and oxygen atoms in total. The molecule has 0 unspecified atom stereocenters. The number of hydrogen-bond acceptors (Lipinski definition) is 4. The zero-order valence-corrected chi connectivity index (χ0v) is 10.2. The summed E-state index contributed by atoms with van der Waals surface area (Å²) in [6.07, 6.45) is 2.12. The van der Waals surface area contributed by atoms with Gasteiger partial charge in [0.05, 0.1) is 23.5 Å². The first-order valence-electron chi connectivity index (χ1n) is 5.89. The number of para-hydroxylation sites is 1. The SMILES string of the molecule is CCCCN(CCO)c1cccc(C#N)c1N. The molecule has 0 saturated heterocycles. The normalized spacial score (nSPS) is 9.94. The number of benzene rings is 1. The smallest absolute Gasteiger partial charge is 0.101 e. The highest BCUT2D eigenvalue weighted by atomic mass is 16.3. The Hall–Kier alpha value is -1.73. The van der Waals surface area contributed by atoms with E-state index in [0.29, 0.717) is 17.8 Å². The molecule has 0 aliphatic rings. The average Bonchev–Trinajstić information content (AvgIpc) is 2.35. The van der Waals surface area contributed by atoms with Gasteiger partial charge >= 0.3 is 0 Å². The molecule has 0 radical (unpaired) electrons. The lowest BCUT2D eigenvalue weighted by molar-refractivity contribution is 0.301. The minimum absolute atomic E-state index is 0.0833. The van der Waals surface area contributed by atoms with Crippen molar-refractivity contribution in [1.29, 1.82) is 5.26 Å². The van der Waals surface area contributed by atoms with Gasteiger partial charge in [0, 0.05) is 13.1 Å². The van der Waals surface area contributed by atoms with Gasteiger partial charge in [0.25, 0.3) is 0 Å². The second-order valence-electron chi connectivity index (χ2n) is 3.91. The Labute approximate surface area is 102 Å². The quantitative estimate of drug-likeness (QED) is 0.734. The summed E-state index contributed by atoms with van der Waals surface area (Å²) in [5.74, 6) is 0. The molecule has 0 aliphatic heterocycles. The Morgan fingerprint density at radius 3 is 2.76 bits per heavy atom. The van der Waals surface area contributed by atoms with Gasteiger partial charge in [0.15, 0.2) is 0 Å². The van der Waals surface area contributed by atoms with Crippen LogP contribution in [0.5, 0.6) is 0 Å².